The van der Waals surface area contributed by atoms with Gasteiger partial charge in [0.05, 0.1) is 0 Å². The number of sulfone groups is 1. The molecule has 14 heavy (non-hydrogen) atoms. The van der Waals surface area contributed by atoms with Gasteiger partial charge in [0, 0.05) is 6.26 Å². The predicted molar refractivity (Wildman–Crippen MR) is 50.7 cm³/mol. The lowest BCUT2D eigenvalue weighted by atomic mass is 9.71. The fourth-order valence-corrected chi connectivity index (χ4v) is 3.68. The third-order valence-electron chi connectivity index (χ3n) is 3.57. The number of hydrogen-bond donors (Lipinski definition) is 1. The van der Waals surface area contributed by atoms with Crippen LogP contribution in [-0.2, 0) is 14.6 Å². The highest BCUT2D eigenvalue weighted by atomic mass is 32.2. The summed E-state index contributed by atoms with van der Waals surface area (Å²) in [4.78, 5) is 11.0. The van der Waals surface area contributed by atoms with Crippen molar-refractivity contribution in [2.75, 3.05) is 6.26 Å². The van der Waals surface area contributed by atoms with Gasteiger partial charge in [-0.25, -0.2) is 8.42 Å². The van der Waals surface area contributed by atoms with E-state index in [9.17, 15) is 13.2 Å². The van der Waals surface area contributed by atoms with Crippen LogP contribution in [0.4, 0.5) is 0 Å². The van der Waals surface area contributed by atoms with Gasteiger partial charge in [-0.2, -0.15) is 0 Å². The quantitative estimate of drug-likeness (QED) is 0.756. The molecule has 0 radical (unpaired) electrons. The van der Waals surface area contributed by atoms with Crippen LogP contribution in [0.1, 0.15) is 25.7 Å². The summed E-state index contributed by atoms with van der Waals surface area (Å²) in [5.74, 6) is -0.234. The Balaban J connectivity index is 2.17. The van der Waals surface area contributed by atoms with Crippen LogP contribution < -0.4 is 0 Å². The Morgan fingerprint density at radius 3 is 2.07 bits per heavy atom. The molecule has 0 saturated heterocycles. The molecule has 2 aliphatic carbocycles. The van der Waals surface area contributed by atoms with E-state index in [-0.39, 0.29) is 0 Å². The second-order valence-electron chi connectivity index (χ2n) is 4.58. The molecule has 0 aromatic heterocycles. The topological polar surface area (TPSA) is 71.4 Å². The number of rotatable bonds is 3. The summed E-state index contributed by atoms with van der Waals surface area (Å²) in [6.07, 6.45) is 3.97. The lowest BCUT2D eigenvalue weighted by Gasteiger charge is -2.42. The van der Waals surface area contributed by atoms with E-state index in [2.05, 4.69) is 0 Å². The molecular formula is C9H14O4S. The molecular weight excluding hydrogens is 204 g/mol. The minimum Gasteiger partial charge on any atom is -0.480 e. The van der Waals surface area contributed by atoms with Gasteiger partial charge in [-0.3, -0.25) is 4.79 Å². The van der Waals surface area contributed by atoms with E-state index >= 15 is 0 Å². The van der Waals surface area contributed by atoms with Crippen molar-refractivity contribution < 1.29 is 18.3 Å². The maximum absolute atomic E-state index is 11.4. The van der Waals surface area contributed by atoms with Crippen molar-refractivity contribution in [1.29, 1.82) is 0 Å². The molecule has 0 amide bonds. The van der Waals surface area contributed by atoms with Gasteiger partial charge in [-0.15, -0.1) is 0 Å². The van der Waals surface area contributed by atoms with Crippen molar-refractivity contribution in [3.8, 4) is 0 Å². The molecule has 2 rings (SSSR count). The van der Waals surface area contributed by atoms with E-state index in [1.165, 1.54) is 0 Å². The first kappa shape index (κ1) is 9.96. The van der Waals surface area contributed by atoms with Crippen LogP contribution in [0.5, 0.6) is 0 Å². The average molecular weight is 218 g/mol. The Labute approximate surface area is 83.2 Å². The summed E-state index contributed by atoms with van der Waals surface area (Å²) < 4.78 is 21.3. The normalized spacial score (nSPS) is 37.6. The number of carbonyl (C=O) groups is 1. The van der Waals surface area contributed by atoms with Crippen LogP contribution in [-0.4, -0.2) is 30.5 Å². The standard InChI is InChI=1S/C9H14O4S/c1-14(12,13)9(8(10)11)4-7(5-9)6-2-3-6/h6-7H,2-5H2,1H3,(H,10,11). The summed E-state index contributed by atoms with van der Waals surface area (Å²) >= 11 is 0. The second-order valence-corrected chi connectivity index (χ2v) is 6.90. The number of carboxylic acid groups (broad SMARTS) is 1. The molecule has 2 aliphatic rings. The Kier molecular flexibility index (Phi) is 1.93. The molecule has 80 valence electrons. The summed E-state index contributed by atoms with van der Waals surface area (Å²) in [5.41, 5.74) is 0. The van der Waals surface area contributed by atoms with Crippen LogP contribution >= 0.6 is 0 Å². The SMILES string of the molecule is CS(=O)(=O)C1(C(=O)O)CC(C2CC2)C1. The highest BCUT2D eigenvalue weighted by Gasteiger charge is 2.60. The van der Waals surface area contributed by atoms with Gasteiger partial charge in [0.15, 0.2) is 14.6 Å². The van der Waals surface area contributed by atoms with E-state index in [1.54, 1.807) is 0 Å². The average Bonchev–Trinajstić information content (AvgIpc) is 2.62. The number of aliphatic carboxylic acids is 1. The molecule has 0 aromatic rings. The van der Waals surface area contributed by atoms with Crippen LogP contribution in [0.3, 0.4) is 0 Å². The molecule has 0 atom stereocenters. The highest BCUT2D eigenvalue weighted by molar-refractivity contribution is 7.92. The van der Waals surface area contributed by atoms with Crippen molar-refractivity contribution in [3.05, 3.63) is 0 Å². The summed E-state index contributed by atoms with van der Waals surface area (Å²) in [6, 6.07) is 0. The summed E-state index contributed by atoms with van der Waals surface area (Å²) in [6.45, 7) is 0. The van der Waals surface area contributed by atoms with E-state index in [1.807, 2.05) is 0 Å². The third-order valence-corrected chi connectivity index (χ3v) is 5.50. The third kappa shape index (κ3) is 1.26. The summed E-state index contributed by atoms with van der Waals surface area (Å²) in [7, 11) is -3.47. The van der Waals surface area contributed by atoms with Crippen molar-refractivity contribution in [2.24, 2.45) is 11.8 Å². The van der Waals surface area contributed by atoms with Crippen molar-refractivity contribution >= 4 is 15.8 Å². The van der Waals surface area contributed by atoms with Gasteiger partial charge < -0.3 is 5.11 Å². The predicted octanol–water partition coefficient (Wildman–Crippen LogP) is 0.674. The molecule has 0 heterocycles. The first-order valence-electron chi connectivity index (χ1n) is 4.80. The first-order chi connectivity index (χ1) is 6.37. The highest BCUT2D eigenvalue weighted by Crippen LogP contribution is 2.54. The van der Waals surface area contributed by atoms with Gasteiger partial charge in [0.25, 0.3) is 0 Å². The molecule has 0 aromatic carbocycles. The molecule has 2 saturated carbocycles. The monoisotopic (exact) mass is 218 g/mol. The molecule has 0 aliphatic heterocycles. The Morgan fingerprint density at radius 2 is 1.79 bits per heavy atom. The number of hydrogen-bond acceptors (Lipinski definition) is 3. The van der Waals surface area contributed by atoms with Crippen LogP contribution in [0.2, 0.25) is 0 Å². The first-order valence-corrected chi connectivity index (χ1v) is 6.69. The molecule has 0 unspecified atom stereocenters. The lowest BCUT2D eigenvalue weighted by molar-refractivity contribution is -0.144. The van der Waals surface area contributed by atoms with Crippen molar-refractivity contribution in [2.45, 2.75) is 30.4 Å². The van der Waals surface area contributed by atoms with Gasteiger partial charge in [0.2, 0.25) is 0 Å². The van der Waals surface area contributed by atoms with E-state index in [4.69, 9.17) is 5.11 Å². The van der Waals surface area contributed by atoms with Gasteiger partial charge in [-0.05, 0) is 37.5 Å². The zero-order chi connectivity index (χ0) is 10.6. The minimum atomic E-state index is -3.47. The zero-order valence-electron chi connectivity index (χ0n) is 8.06. The Morgan fingerprint density at radius 1 is 1.29 bits per heavy atom. The summed E-state index contributed by atoms with van der Waals surface area (Å²) in [5, 5.41) is 8.96. The molecule has 0 bridgehead atoms. The second kappa shape index (κ2) is 2.72. The maximum atomic E-state index is 11.4. The van der Waals surface area contributed by atoms with E-state index < -0.39 is 20.6 Å². The Hall–Kier alpha value is -0.580. The van der Waals surface area contributed by atoms with E-state index in [0.717, 1.165) is 19.1 Å². The molecule has 2 fully saturated rings. The van der Waals surface area contributed by atoms with Crippen molar-refractivity contribution in [1.82, 2.24) is 0 Å². The number of carboxylic acids is 1. The lowest BCUT2D eigenvalue weighted by Crippen LogP contribution is -2.56. The van der Waals surface area contributed by atoms with E-state index in [0.29, 0.717) is 24.7 Å². The molecule has 5 heteroatoms. The minimum absolute atomic E-state index is 0.325. The maximum Gasteiger partial charge on any atom is 0.325 e. The molecule has 1 N–H and O–H groups in total. The van der Waals surface area contributed by atoms with Crippen LogP contribution in [0.25, 0.3) is 0 Å². The fourth-order valence-electron chi connectivity index (χ4n) is 2.32. The van der Waals surface area contributed by atoms with Crippen LogP contribution in [0, 0.1) is 11.8 Å². The molecule has 4 nitrogen and oxygen atoms in total. The Bertz CT molecular complexity index is 360. The van der Waals surface area contributed by atoms with Crippen molar-refractivity contribution in [3.63, 3.8) is 0 Å². The van der Waals surface area contributed by atoms with Gasteiger partial charge >= 0.3 is 5.97 Å². The molecule has 0 spiro atoms. The smallest absolute Gasteiger partial charge is 0.325 e. The largest absolute Gasteiger partial charge is 0.480 e. The van der Waals surface area contributed by atoms with Gasteiger partial charge in [0.1, 0.15) is 0 Å². The fraction of sp³-hybridized carbons (Fsp3) is 0.889. The van der Waals surface area contributed by atoms with Gasteiger partial charge in [-0.1, -0.05) is 0 Å². The van der Waals surface area contributed by atoms with Crippen LogP contribution in [0.15, 0.2) is 0 Å². The zero-order valence-corrected chi connectivity index (χ0v) is 8.88.